The topological polar surface area (TPSA) is 69.6 Å². The van der Waals surface area contributed by atoms with Gasteiger partial charge in [-0.3, -0.25) is 9.59 Å². The fourth-order valence-electron chi connectivity index (χ4n) is 2.49. The summed E-state index contributed by atoms with van der Waals surface area (Å²) in [5.41, 5.74) is 0.643. The average Bonchev–Trinajstić information content (AvgIpc) is 2.96. The van der Waals surface area contributed by atoms with E-state index < -0.39 is 5.97 Å². The average molecular weight is 276 g/mol. The van der Waals surface area contributed by atoms with E-state index in [0.717, 1.165) is 25.9 Å². The second-order valence-corrected chi connectivity index (χ2v) is 5.11. The molecule has 2 N–H and O–H groups in total. The third-order valence-corrected chi connectivity index (χ3v) is 3.59. The molecule has 1 amide bonds. The van der Waals surface area contributed by atoms with Crippen molar-refractivity contribution in [2.45, 2.75) is 19.3 Å². The third-order valence-electron chi connectivity index (χ3n) is 3.59. The number of amides is 1. The van der Waals surface area contributed by atoms with Gasteiger partial charge in [-0.15, -0.1) is 0 Å². The molecule has 0 radical (unpaired) electrons. The van der Waals surface area contributed by atoms with Crippen LogP contribution in [0.3, 0.4) is 0 Å². The minimum Gasteiger partial charge on any atom is -0.480 e. The van der Waals surface area contributed by atoms with Gasteiger partial charge in [-0.1, -0.05) is 18.2 Å². The molecule has 1 aromatic rings. The number of nitrogens with one attached hydrogen (secondary N) is 1. The van der Waals surface area contributed by atoms with Crippen LogP contribution in [0.25, 0.3) is 0 Å². The smallest absolute Gasteiger partial charge is 0.323 e. The number of anilines is 1. The van der Waals surface area contributed by atoms with Crippen molar-refractivity contribution in [1.29, 1.82) is 0 Å². The van der Waals surface area contributed by atoms with Gasteiger partial charge >= 0.3 is 5.97 Å². The molecule has 1 aliphatic heterocycles. The van der Waals surface area contributed by atoms with Crippen LogP contribution in [0.5, 0.6) is 0 Å². The summed E-state index contributed by atoms with van der Waals surface area (Å²) in [7, 11) is 0. The van der Waals surface area contributed by atoms with Crippen molar-refractivity contribution in [2.75, 3.05) is 24.5 Å². The maximum Gasteiger partial charge on any atom is 0.323 e. The van der Waals surface area contributed by atoms with Crippen LogP contribution in [0.2, 0.25) is 0 Å². The number of carboxylic acids is 1. The van der Waals surface area contributed by atoms with Crippen molar-refractivity contribution >= 4 is 17.6 Å². The number of benzene rings is 1. The molecular formula is C15H20N2O3. The number of hydrogen-bond acceptors (Lipinski definition) is 3. The summed E-state index contributed by atoms with van der Waals surface area (Å²) in [6.45, 7) is 1.68. The van der Waals surface area contributed by atoms with Gasteiger partial charge in [0.15, 0.2) is 0 Å². The number of para-hydroxylation sites is 1. The van der Waals surface area contributed by atoms with Gasteiger partial charge in [0.1, 0.15) is 6.54 Å². The third kappa shape index (κ3) is 4.06. The highest BCUT2D eigenvalue weighted by Gasteiger charge is 2.21. The molecule has 108 valence electrons. The Balaban J connectivity index is 1.98. The molecule has 5 nitrogen and oxygen atoms in total. The first-order chi connectivity index (χ1) is 9.66. The first-order valence-corrected chi connectivity index (χ1v) is 6.94. The van der Waals surface area contributed by atoms with Crippen LogP contribution in [0.1, 0.15) is 19.3 Å². The van der Waals surface area contributed by atoms with Gasteiger partial charge in [-0.25, -0.2) is 0 Å². The van der Waals surface area contributed by atoms with Gasteiger partial charge in [-0.05, 0) is 44.0 Å². The molecule has 2 rings (SSSR count). The highest BCUT2D eigenvalue weighted by atomic mass is 16.4. The van der Waals surface area contributed by atoms with Gasteiger partial charge in [0.05, 0.1) is 0 Å². The Morgan fingerprint density at radius 2 is 2.05 bits per heavy atom. The van der Waals surface area contributed by atoms with E-state index in [1.807, 2.05) is 6.07 Å². The predicted octanol–water partition coefficient (Wildman–Crippen LogP) is 1.49. The monoisotopic (exact) mass is 276 g/mol. The number of hydrogen-bond donors (Lipinski definition) is 2. The standard InChI is InChI=1S/C15H20N2O3/c18-14(7-6-12-8-9-16-10-12)17(11-15(19)20)13-4-2-1-3-5-13/h1-5,12,16H,6-11H2,(H,19,20). The van der Waals surface area contributed by atoms with Crippen molar-refractivity contribution in [3.63, 3.8) is 0 Å². The van der Waals surface area contributed by atoms with Crippen LogP contribution in [0.4, 0.5) is 5.69 Å². The number of rotatable bonds is 6. The minimum absolute atomic E-state index is 0.120. The van der Waals surface area contributed by atoms with Crippen molar-refractivity contribution in [1.82, 2.24) is 5.32 Å². The fourth-order valence-corrected chi connectivity index (χ4v) is 2.49. The van der Waals surface area contributed by atoms with E-state index in [1.165, 1.54) is 4.90 Å². The van der Waals surface area contributed by atoms with Crippen LogP contribution < -0.4 is 10.2 Å². The van der Waals surface area contributed by atoms with Crippen molar-refractivity contribution in [2.24, 2.45) is 5.92 Å². The molecular weight excluding hydrogens is 256 g/mol. The molecule has 1 aromatic carbocycles. The molecule has 0 saturated carbocycles. The summed E-state index contributed by atoms with van der Waals surface area (Å²) < 4.78 is 0. The number of carbonyl (C=O) groups is 2. The van der Waals surface area contributed by atoms with E-state index in [4.69, 9.17) is 5.11 Å². The molecule has 1 saturated heterocycles. The van der Waals surface area contributed by atoms with Crippen LogP contribution in [0, 0.1) is 5.92 Å². The van der Waals surface area contributed by atoms with E-state index >= 15 is 0 Å². The van der Waals surface area contributed by atoms with E-state index in [1.54, 1.807) is 24.3 Å². The molecule has 1 fully saturated rings. The maximum atomic E-state index is 12.3. The molecule has 0 bridgehead atoms. The van der Waals surface area contributed by atoms with Crippen LogP contribution in [0.15, 0.2) is 30.3 Å². The maximum absolute atomic E-state index is 12.3. The first kappa shape index (κ1) is 14.5. The second kappa shape index (κ2) is 7.05. The molecule has 1 atom stereocenters. The Kier molecular flexibility index (Phi) is 5.12. The van der Waals surface area contributed by atoms with E-state index in [2.05, 4.69) is 5.32 Å². The lowest BCUT2D eigenvalue weighted by Crippen LogP contribution is -2.35. The molecule has 20 heavy (non-hydrogen) atoms. The van der Waals surface area contributed by atoms with Crippen molar-refractivity contribution in [3.8, 4) is 0 Å². The summed E-state index contributed by atoms with van der Waals surface area (Å²) in [6.07, 6.45) is 2.31. The van der Waals surface area contributed by atoms with Gasteiger partial charge in [0.25, 0.3) is 0 Å². The number of carbonyl (C=O) groups excluding carboxylic acids is 1. The number of aliphatic carboxylic acids is 1. The van der Waals surface area contributed by atoms with Crippen LogP contribution in [-0.4, -0.2) is 36.6 Å². The lowest BCUT2D eigenvalue weighted by molar-refractivity contribution is -0.136. The second-order valence-electron chi connectivity index (χ2n) is 5.11. The highest BCUT2D eigenvalue weighted by molar-refractivity contribution is 5.97. The van der Waals surface area contributed by atoms with Gasteiger partial charge in [-0.2, -0.15) is 0 Å². The Morgan fingerprint density at radius 3 is 2.65 bits per heavy atom. The molecule has 0 aliphatic carbocycles. The fraction of sp³-hybridized carbons (Fsp3) is 0.467. The molecule has 1 heterocycles. The van der Waals surface area contributed by atoms with E-state index in [0.29, 0.717) is 18.0 Å². The van der Waals surface area contributed by atoms with Crippen LogP contribution in [-0.2, 0) is 9.59 Å². The summed E-state index contributed by atoms with van der Waals surface area (Å²) in [5.74, 6) is -0.586. The van der Waals surface area contributed by atoms with E-state index in [9.17, 15) is 9.59 Å². The Hall–Kier alpha value is -1.88. The molecule has 1 unspecified atom stereocenters. The van der Waals surface area contributed by atoms with E-state index in [-0.39, 0.29) is 12.5 Å². The van der Waals surface area contributed by atoms with Gasteiger partial charge in [0, 0.05) is 12.1 Å². The first-order valence-electron chi connectivity index (χ1n) is 6.94. The quantitative estimate of drug-likeness (QED) is 0.826. The zero-order chi connectivity index (χ0) is 14.4. The Bertz CT molecular complexity index is 455. The Morgan fingerprint density at radius 1 is 1.30 bits per heavy atom. The van der Waals surface area contributed by atoms with Gasteiger partial charge < -0.3 is 15.3 Å². The number of carboxylic acid groups (broad SMARTS) is 1. The van der Waals surface area contributed by atoms with Crippen molar-refractivity contribution < 1.29 is 14.7 Å². The summed E-state index contributed by atoms with van der Waals surface area (Å²) in [6, 6.07) is 8.98. The Labute approximate surface area is 118 Å². The highest BCUT2D eigenvalue weighted by Crippen LogP contribution is 2.18. The normalized spacial score (nSPS) is 17.9. The van der Waals surface area contributed by atoms with Crippen molar-refractivity contribution in [3.05, 3.63) is 30.3 Å². The predicted molar refractivity (Wildman–Crippen MR) is 76.6 cm³/mol. The number of nitrogens with zero attached hydrogens (tertiary/aromatic N) is 1. The SMILES string of the molecule is O=C(O)CN(C(=O)CCC1CCNC1)c1ccccc1. The molecule has 5 heteroatoms. The summed E-state index contributed by atoms with van der Waals surface area (Å²) >= 11 is 0. The molecule has 1 aliphatic rings. The largest absolute Gasteiger partial charge is 0.480 e. The lowest BCUT2D eigenvalue weighted by Gasteiger charge is -2.21. The molecule has 0 spiro atoms. The molecule has 0 aromatic heterocycles. The zero-order valence-electron chi connectivity index (χ0n) is 11.4. The van der Waals surface area contributed by atoms with Crippen LogP contribution >= 0.6 is 0 Å². The zero-order valence-corrected chi connectivity index (χ0v) is 11.4. The summed E-state index contributed by atoms with van der Waals surface area (Å²) in [4.78, 5) is 24.6. The minimum atomic E-state index is -0.996. The summed E-state index contributed by atoms with van der Waals surface area (Å²) in [5, 5.41) is 12.2. The van der Waals surface area contributed by atoms with Gasteiger partial charge in [0.2, 0.25) is 5.91 Å². The lowest BCUT2D eigenvalue weighted by atomic mass is 10.0.